The summed E-state index contributed by atoms with van der Waals surface area (Å²) < 4.78 is 1.14. The second-order valence-electron chi connectivity index (χ2n) is 3.62. The van der Waals surface area contributed by atoms with E-state index in [0.717, 1.165) is 16.8 Å². The molecule has 1 aromatic carbocycles. The second-order valence-corrected chi connectivity index (χ2v) is 4.47. The van der Waals surface area contributed by atoms with Crippen LogP contribution in [-0.4, -0.2) is 15.2 Å². The van der Waals surface area contributed by atoms with Gasteiger partial charge in [-0.1, -0.05) is 28.1 Å². The molecule has 0 saturated carbocycles. The van der Waals surface area contributed by atoms with Crippen molar-refractivity contribution in [2.75, 3.05) is 0 Å². The Bertz CT molecular complexity index is 453. The molecule has 0 aliphatic rings. The smallest absolute Gasteiger partial charge is 0.138 e. The third-order valence-corrected chi connectivity index (χ3v) is 3.18. The predicted molar refractivity (Wildman–Crippen MR) is 65.8 cm³/mol. The van der Waals surface area contributed by atoms with Crippen LogP contribution >= 0.6 is 15.9 Å². The predicted octanol–water partition coefficient (Wildman–Crippen LogP) is 2.17. The van der Waals surface area contributed by atoms with E-state index in [4.69, 9.17) is 0 Å². The van der Waals surface area contributed by atoms with Crippen LogP contribution in [0, 0.1) is 6.92 Å². The number of rotatable bonds is 4. The standard InChI is InChI=1S/C11H13BrN4/c1-8-2-3-9(4-10(8)12)5-13-6-11-14-7-15-16-11/h2-4,7,13H,5-6H2,1H3,(H,14,15,16). The Kier molecular flexibility index (Phi) is 3.69. The summed E-state index contributed by atoms with van der Waals surface area (Å²) in [6, 6.07) is 6.35. The van der Waals surface area contributed by atoms with E-state index in [0.29, 0.717) is 6.54 Å². The molecule has 0 saturated heterocycles. The fraction of sp³-hybridized carbons (Fsp3) is 0.273. The molecule has 2 N–H and O–H groups in total. The van der Waals surface area contributed by atoms with Gasteiger partial charge in [-0.3, -0.25) is 5.10 Å². The summed E-state index contributed by atoms with van der Waals surface area (Å²) in [5.74, 6) is 0.853. The lowest BCUT2D eigenvalue weighted by molar-refractivity contribution is 0.664. The van der Waals surface area contributed by atoms with Gasteiger partial charge in [0.05, 0.1) is 6.54 Å². The van der Waals surface area contributed by atoms with Crippen molar-refractivity contribution in [2.24, 2.45) is 0 Å². The largest absolute Gasteiger partial charge is 0.306 e. The number of halogens is 1. The fourth-order valence-corrected chi connectivity index (χ4v) is 1.81. The van der Waals surface area contributed by atoms with Gasteiger partial charge in [-0.25, -0.2) is 4.98 Å². The van der Waals surface area contributed by atoms with E-state index in [1.807, 2.05) is 0 Å². The lowest BCUT2D eigenvalue weighted by Gasteiger charge is -2.05. The van der Waals surface area contributed by atoms with Crippen LogP contribution in [-0.2, 0) is 13.1 Å². The lowest BCUT2D eigenvalue weighted by Crippen LogP contribution is -2.13. The number of nitrogens with one attached hydrogen (secondary N) is 2. The maximum Gasteiger partial charge on any atom is 0.138 e. The summed E-state index contributed by atoms with van der Waals surface area (Å²) in [6.45, 7) is 3.60. The second kappa shape index (κ2) is 5.23. The van der Waals surface area contributed by atoms with Crippen LogP contribution < -0.4 is 5.32 Å². The number of aromatic amines is 1. The molecule has 4 nitrogen and oxygen atoms in total. The molecule has 5 heteroatoms. The fourth-order valence-electron chi connectivity index (χ4n) is 1.39. The van der Waals surface area contributed by atoms with Gasteiger partial charge in [0.25, 0.3) is 0 Å². The first-order chi connectivity index (χ1) is 7.75. The highest BCUT2D eigenvalue weighted by Gasteiger charge is 1.98. The van der Waals surface area contributed by atoms with Crippen LogP contribution in [0.1, 0.15) is 17.0 Å². The minimum absolute atomic E-state index is 0.700. The zero-order chi connectivity index (χ0) is 11.4. The molecule has 2 aromatic rings. The molecule has 0 unspecified atom stereocenters. The van der Waals surface area contributed by atoms with Crippen LogP contribution in [0.4, 0.5) is 0 Å². The van der Waals surface area contributed by atoms with E-state index < -0.39 is 0 Å². The van der Waals surface area contributed by atoms with Gasteiger partial charge in [-0.05, 0) is 24.1 Å². The SMILES string of the molecule is Cc1ccc(CNCc2ncn[nH]2)cc1Br. The Balaban J connectivity index is 1.87. The minimum Gasteiger partial charge on any atom is -0.306 e. The number of aryl methyl sites for hydroxylation is 1. The van der Waals surface area contributed by atoms with Crippen molar-refractivity contribution in [3.8, 4) is 0 Å². The molecule has 2 rings (SSSR count). The van der Waals surface area contributed by atoms with Crippen molar-refractivity contribution in [1.82, 2.24) is 20.5 Å². The molecule has 1 heterocycles. The van der Waals surface area contributed by atoms with Crippen molar-refractivity contribution < 1.29 is 0 Å². The van der Waals surface area contributed by atoms with E-state index in [1.165, 1.54) is 17.5 Å². The van der Waals surface area contributed by atoms with Gasteiger partial charge in [-0.2, -0.15) is 5.10 Å². The molecule has 1 aromatic heterocycles. The number of H-pyrrole nitrogens is 1. The summed E-state index contributed by atoms with van der Waals surface area (Å²) >= 11 is 3.52. The lowest BCUT2D eigenvalue weighted by atomic mass is 10.1. The average molecular weight is 281 g/mol. The van der Waals surface area contributed by atoms with Crippen molar-refractivity contribution in [2.45, 2.75) is 20.0 Å². The van der Waals surface area contributed by atoms with E-state index in [9.17, 15) is 0 Å². The number of benzene rings is 1. The van der Waals surface area contributed by atoms with Gasteiger partial charge in [0.2, 0.25) is 0 Å². The number of hydrogen-bond donors (Lipinski definition) is 2. The van der Waals surface area contributed by atoms with Gasteiger partial charge in [0.15, 0.2) is 0 Å². The highest BCUT2D eigenvalue weighted by atomic mass is 79.9. The summed E-state index contributed by atoms with van der Waals surface area (Å²) in [5, 5.41) is 9.90. The zero-order valence-electron chi connectivity index (χ0n) is 9.00. The molecule has 16 heavy (non-hydrogen) atoms. The van der Waals surface area contributed by atoms with Crippen molar-refractivity contribution >= 4 is 15.9 Å². The molecular weight excluding hydrogens is 268 g/mol. The summed E-state index contributed by atoms with van der Waals surface area (Å²) in [4.78, 5) is 4.04. The van der Waals surface area contributed by atoms with E-state index >= 15 is 0 Å². The maximum atomic E-state index is 4.04. The van der Waals surface area contributed by atoms with Crippen LogP contribution in [0.2, 0.25) is 0 Å². The Hall–Kier alpha value is -1.20. The van der Waals surface area contributed by atoms with Crippen LogP contribution in [0.5, 0.6) is 0 Å². The van der Waals surface area contributed by atoms with Gasteiger partial charge >= 0.3 is 0 Å². The number of hydrogen-bond acceptors (Lipinski definition) is 3. The molecule has 0 aliphatic heterocycles. The van der Waals surface area contributed by atoms with Crippen molar-refractivity contribution in [3.05, 3.63) is 46.0 Å². The first-order valence-electron chi connectivity index (χ1n) is 5.05. The van der Waals surface area contributed by atoms with Gasteiger partial charge in [-0.15, -0.1) is 0 Å². The third-order valence-electron chi connectivity index (χ3n) is 2.32. The van der Waals surface area contributed by atoms with Crippen LogP contribution in [0.3, 0.4) is 0 Å². The zero-order valence-corrected chi connectivity index (χ0v) is 10.6. The summed E-state index contributed by atoms with van der Waals surface area (Å²) in [7, 11) is 0. The minimum atomic E-state index is 0.700. The highest BCUT2D eigenvalue weighted by Crippen LogP contribution is 2.17. The third kappa shape index (κ3) is 2.90. The van der Waals surface area contributed by atoms with Gasteiger partial charge in [0.1, 0.15) is 12.2 Å². The molecule has 0 fully saturated rings. The highest BCUT2D eigenvalue weighted by molar-refractivity contribution is 9.10. The first kappa shape index (κ1) is 11.3. The Labute approximate surface area is 103 Å². The number of nitrogens with zero attached hydrogens (tertiary/aromatic N) is 2. The molecule has 0 amide bonds. The van der Waals surface area contributed by atoms with Crippen LogP contribution in [0.25, 0.3) is 0 Å². The van der Waals surface area contributed by atoms with E-state index in [1.54, 1.807) is 0 Å². The van der Waals surface area contributed by atoms with E-state index in [2.05, 4.69) is 61.6 Å². The molecule has 0 aliphatic carbocycles. The summed E-state index contributed by atoms with van der Waals surface area (Å²) in [5.41, 5.74) is 2.50. The quantitative estimate of drug-likeness (QED) is 0.903. The molecule has 0 spiro atoms. The Morgan fingerprint density at radius 2 is 2.25 bits per heavy atom. The van der Waals surface area contributed by atoms with E-state index in [-0.39, 0.29) is 0 Å². The summed E-state index contributed by atoms with van der Waals surface area (Å²) in [6.07, 6.45) is 1.51. The maximum absolute atomic E-state index is 4.04. The molecule has 0 bridgehead atoms. The van der Waals surface area contributed by atoms with Crippen molar-refractivity contribution in [1.29, 1.82) is 0 Å². The first-order valence-corrected chi connectivity index (χ1v) is 5.85. The molecule has 0 atom stereocenters. The molecule has 0 radical (unpaired) electrons. The topological polar surface area (TPSA) is 53.6 Å². The van der Waals surface area contributed by atoms with Gasteiger partial charge < -0.3 is 5.32 Å². The van der Waals surface area contributed by atoms with Crippen LogP contribution in [0.15, 0.2) is 29.0 Å². The molecule has 84 valence electrons. The average Bonchev–Trinajstić information content (AvgIpc) is 2.76. The Morgan fingerprint density at radius 3 is 2.94 bits per heavy atom. The molecular formula is C11H13BrN4. The van der Waals surface area contributed by atoms with Crippen molar-refractivity contribution in [3.63, 3.8) is 0 Å². The normalized spacial score (nSPS) is 10.6. The monoisotopic (exact) mass is 280 g/mol. The van der Waals surface area contributed by atoms with Gasteiger partial charge in [0, 0.05) is 11.0 Å². The number of aromatic nitrogens is 3. The Morgan fingerprint density at radius 1 is 1.38 bits per heavy atom.